The summed E-state index contributed by atoms with van der Waals surface area (Å²) < 4.78 is 101. The SMILES string of the molecule is CC(c1nnc(OCCOC(F)(F)F)o1)C1CC[Si@H](NC(=O)c2ccc(C(F)(F)F)c(F)c2)CN1. The van der Waals surface area contributed by atoms with Gasteiger partial charge in [0.25, 0.3) is 0 Å². The predicted molar refractivity (Wildman–Crippen MR) is 107 cm³/mol. The number of aromatic nitrogens is 2. The van der Waals surface area contributed by atoms with E-state index in [1.54, 1.807) is 6.92 Å². The standard InChI is InChI=1S/C19H21F7N4O4Si/c1-10(16-28-29-17(34-16)32-5-6-33-19(24,25)26)14-4-7-35(9-27-14)30-15(31)11-2-3-12(13(20)8-11)18(21,22)23/h2-3,8,10,14,27,35H,4-7,9H2,1H3,(H,30,31)/t10?,14?,35-/m0/s1. The fraction of sp³-hybridized carbons (Fsp3) is 0.526. The van der Waals surface area contributed by atoms with Crippen LogP contribution in [-0.4, -0.2) is 56.8 Å². The Labute approximate surface area is 195 Å². The highest BCUT2D eigenvalue weighted by Gasteiger charge is 2.35. The average Bonchev–Trinajstić information content (AvgIpc) is 3.24. The Balaban J connectivity index is 1.46. The molecule has 2 aromatic rings. The zero-order valence-corrected chi connectivity index (χ0v) is 19.3. The molecular weight excluding hydrogens is 509 g/mol. The molecule has 194 valence electrons. The molecule has 1 amide bonds. The van der Waals surface area contributed by atoms with E-state index in [4.69, 9.17) is 9.15 Å². The fourth-order valence-electron chi connectivity index (χ4n) is 3.50. The quantitative estimate of drug-likeness (QED) is 0.307. The molecule has 3 atom stereocenters. The van der Waals surface area contributed by atoms with Crippen LogP contribution in [0, 0.1) is 5.82 Å². The van der Waals surface area contributed by atoms with Crippen molar-refractivity contribution in [3.63, 3.8) is 0 Å². The van der Waals surface area contributed by atoms with Crippen LogP contribution in [0.25, 0.3) is 0 Å². The summed E-state index contributed by atoms with van der Waals surface area (Å²) in [5, 5.41) is 10.7. The molecule has 3 rings (SSSR count). The number of ether oxygens (including phenoxy) is 2. The first kappa shape index (κ1) is 26.9. The van der Waals surface area contributed by atoms with Gasteiger partial charge in [0, 0.05) is 23.7 Å². The second-order valence-electron chi connectivity index (χ2n) is 7.79. The van der Waals surface area contributed by atoms with Crippen LogP contribution in [0.5, 0.6) is 6.08 Å². The Bertz CT molecular complexity index is 1010. The lowest BCUT2D eigenvalue weighted by Crippen LogP contribution is -2.54. The fourth-order valence-corrected chi connectivity index (χ4v) is 5.84. The second kappa shape index (κ2) is 10.9. The summed E-state index contributed by atoms with van der Waals surface area (Å²) in [5.74, 6) is -2.23. The van der Waals surface area contributed by atoms with Crippen molar-refractivity contribution in [2.45, 2.75) is 43.9 Å². The van der Waals surface area contributed by atoms with Gasteiger partial charge in [0.1, 0.15) is 12.4 Å². The summed E-state index contributed by atoms with van der Waals surface area (Å²) in [4.78, 5) is 15.1. The van der Waals surface area contributed by atoms with Crippen LogP contribution in [0.2, 0.25) is 6.04 Å². The van der Waals surface area contributed by atoms with E-state index in [0.29, 0.717) is 30.8 Å². The number of hydrogen-bond acceptors (Lipinski definition) is 7. The van der Waals surface area contributed by atoms with Crippen molar-refractivity contribution in [1.82, 2.24) is 20.5 Å². The lowest BCUT2D eigenvalue weighted by Gasteiger charge is -2.31. The smallest absolute Gasteiger partial charge is 0.447 e. The van der Waals surface area contributed by atoms with Crippen LogP contribution < -0.4 is 15.0 Å². The Hall–Kier alpha value is -2.72. The summed E-state index contributed by atoms with van der Waals surface area (Å²) in [6.45, 7) is 0.623. The molecule has 0 bridgehead atoms. The Morgan fingerprint density at radius 1 is 1.26 bits per heavy atom. The van der Waals surface area contributed by atoms with Gasteiger partial charge in [0.15, 0.2) is 8.96 Å². The third-order valence-electron chi connectivity index (χ3n) is 5.31. The van der Waals surface area contributed by atoms with Gasteiger partial charge in [-0.1, -0.05) is 12.0 Å². The van der Waals surface area contributed by atoms with Gasteiger partial charge in [0.2, 0.25) is 11.8 Å². The zero-order chi connectivity index (χ0) is 25.8. The number of alkyl halides is 6. The molecule has 0 saturated carbocycles. The minimum Gasteiger partial charge on any atom is -0.447 e. The van der Waals surface area contributed by atoms with Gasteiger partial charge >= 0.3 is 18.6 Å². The van der Waals surface area contributed by atoms with Crippen LogP contribution >= 0.6 is 0 Å². The van der Waals surface area contributed by atoms with E-state index in [1.807, 2.05) is 0 Å². The summed E-state index contributed by atoms with van der Waals surface area (Å²) in [6, 6.07) is 2.57. The highest BCUT2D eigenvalue weighted by molar-refractivity contribution is 6.60. The van der Waals surface area contributed by atoms with Gasteiger partial charge in [-0.3, -0.25) is 9.53 Å². The number of benzene rings is 1. The molecule has 2 heterocycles. The molecule has 0 radical (unpaired) electrons. The van der Waals surface area contributed by atoms with Crippen molar-refractivity contribution < 1.29 is 49.4 Å². The van der Waals surface area contributed by atoms with Crippen LogP contribution in [0.4, 0.5) is 30.7 Å². The number of rotatable bonds is 8. The number of amides is 1. The molecule has 1 aromatic carbocycles. The first-order valence-electron chi connectivity index (χ1n) is 10.4. The summed E-state index contributed by atoms with van der Waals surface area (Å²) >= 11 is 0. The number of carbonyl (C=O) groups excluding carboxylic acids is 1. The third kappa shape index (κ3) is 7.63. The lowest BCUT2D eigenvalue weighted by molar-refractivity contribution is -0.325. The third-order valence-corrected chi connectivity index (χ3v) is 7.74. The summed E-state index contributed by atoms with van der Waals surface area (Å²) in [5.41, 5.74) is -1.64. The van der Waals surface area contributed by atoms with Gasteiger partial charge in [-0.05, 0) is 30.7 Å². The number of carbonyl (C=O) groups is 1. The normalized spacial score (nSPS) is 19.9. The molecule has 1 saturated heterocycles. The van der Waals surface area contributed by atoms with Gasteiger partial charge in [-0.15, -0.1) is 18.3 Å². The molecule has 1 aromatic heterocycles. The Morgan fingerprint density at radius 3 is 2.60 bits per heavy atom. The van der Waals surface area contributed by atoms with E-state index in [0.717, 1.165) is 6.07 Å². The van der Waals surface area contributed by atoms with Crippen molar-refractivity contribution in [3.05, 3.63) is 41.0 Å². The highest BCUT2D eigenvalue weighted by Crippen LogP contribution is 2.31. The molecule has 0 aliphatic carbocycles. The average molecular weight is 530 g/mol. The Kier molecular flexibility index (Phi) is 8.37. The largest absolute Gasteiger partial charge is 0.522 e. The topological polar surface area (TPSA) is 98.5 Å². The predicted octanol–water partition coefficient (Wildman–Crippen LogP) is 3.30. The molecule has 2 N–H and O–H groups in total. The van der Waals surface area contributed by atoms with E-state index in [2.05, 4.69) is 25.2 Å². The molecule has 16 heteroatoms. The van der Waals surface area contributed by atoms with Crippen molar-refractivity contribution in [3.8, 4) is 6.08 Å². The van der Waals surface area contributed by atoms with Crippen LogP contribution in [0.3, 0.4) is 0 Å². The molecule has 2 unspecified atom stereocenters. The van der Waals surface area contributed by atoms with Crippen molar-refractivity contribution in [1.29, 1.82) is 0 Å². The van der Waals surface area contributed by atoms with E-state index in [-0.39, 0.29) is 29.5 Å². The second-order valence-corrected chi connectivity index (χ2v) is 10.5. The first-order chi connectivity index (χ1) is 16.3. The number of halogens is 7. The maximum atomic E-state index is 13.7. The zero-order valence-electron chi connectivity index (χ0n) is 18.2. The van der Waals surface area contributed by atoms with E-state index >= 15 is 0 Å². The Morgan fingerprint density at radius 2 is 2.00 bits per heavy atom. The van der Waals surface area contributed by atoms with Crippen molar-refractivity contribution in [2.75, 3.05) is 19.4 Å². The van der Waals surface area contributed by atoms with Gasteiger partial charge in [0.05, 0.1) is 12.2 Å². The molecular formula is C19H21F7N4O4Si. The number of nitrogens with zero attached hydrogens (tertiary/aromatic N) is 2. The molecule has 0 spiro atoms. The van der Waals surface area contributed by atoms with Gasteiger partial charge < -0.3 is 19.5 Å². The van der Waals surface area contributed by atoms with Gasteiger partial charge in [-0.25, -0.2) is 4.39 Å². The lowest BCUT2D eigenvalue weighted by atomic mass is 10.00. The minimum atomic E-state index is -4.85. The molecule has 1 fully saturated rings. The highest BCUT2D eigenvalue weighted by atomic mass is 28.3. The van der Waals surface area contributed by atoms with E-state index < -0.39 is 52.0 Å². The van der Waals surface area contributed by atoms with E-state index in [1.165, 1.54) is 0 Å². The maximum absolute atomic E-state index is 13.7. The monoisotopic (exact) mass is 530 g/mol. The number of nitrogens with one attached hydrogen (secondary N) is 2. The first-order valence-corrected chi connectivity index (χ1v) is 12.6. The van der Waals surface area contributed by atoms with Crippen molar-refractivity contribution in [2.24, 2.45) is 0 Å². The summed E-state index contributed by atoms with van der Waals surface area (Å²) in [7, 11) is -1.87. The van der Waals surface area contributed by atoms with Crippen molar-refractivity contribution >= 4 is 14.9 Å². The molecule has 1 aliphatic rings. The molecule has 1 aliphatic heterocycles. The maximum Gasteiger partial charge on any atom is 0.522 e. The molecule has 35 heavy (non-hydrogen) atoms. The summed E-state index contributed by atoms with van der Waals surface area (Å²) in [6.07, 6.45) is -8.84. The molecule has 8 nitrogen and oxygen atoms in total. The minimum absolute atomic E-state index is 0.110. The van der Waals surface area contributed by atoms with E-state index in [9.17, 15) is 35.5 Å². The number of hydrogen-bond donors (Lipinski definition) is 2. The van der Waals surface area contributed by atoms with Gasteiger partial charge in [-0.2, -0.15) is 13.2 Å². The van der Waals surface area contributed by atoms with Crippen LogP contribution in [0.15, 0.2) is 22.6 Å². The van der Waals surface area contributed by atoms with Crippen LogP contribution in [-0.2, 0) is 10.9 Å². The van der Waals surface area contributed by atoms with Crippen LogP contribution in [0.1, 0.15) is 41.1 Å².